The molecule has 0 heteroatoms. The van der Waals surface area contributed by atoms with Crippen LogP contribution in [0.1, 0.15) is 200 Å². The lowest BCUT2D eigenvalue weighted by atomic mass is 9.92. The van der Waals surface area contributed by atoms with Crippen molar-refractivity contribution in [2.75, 3.05) is 0 Å². The molecule has 0 saturated heterocycles. The minimum absolute atomic E-state index is 1.10. The summed E-state index contributed by atoms with van der Waals surface area (Å²) in [5.41, 5.74) is 70.1. The van der Waals surface area contributed by atoms with Gasteiger partial charge in [-0.3, -0.25) is 0 Å². The quantitative estimate of drug-likeness (QED) is 0.142. The van der Waals surface area contributed by atoms with Gasteiger partial charge in [0, 0.05) is 0 Å². The molecule has 12 aromatic carbocycles. The molecule has 0 nitrogen and oxygen atoms in total. The molecular formula is C102H108. The zero-order chi connectivity index (χ0) is 72.9. The lowest BCUT2D eigenvalue weighted by molar-refractivity contribution is 1.15. The van der Waals surface area contributed by atoms with Crippen molar-refractivity contribution in [3.63, 3.8) is 0 Å². The fourth-order valence-corrected chi connectivity index (χ4v) is 17.9. The Morgan fingerprint density at radius 3 is 1.16 bits per heavy atom. The summed E-state index contributed by atoms with van der Waals surface area (Å²) in [4.78, 5) is 0. The Balaban J connectivity index is 0.000000109. The van der Waals surface area contributed by atoms with Crippen LogP contribution in [0.2, 0.25) is 0 Å². The summed E-state index contributed by atoms with van der Waals surface area (Å²) in [6.07, 6.45) is 6.64. The molecule has 12 aromatic rings. The van der Waals surface area contributed by atoms with Crippen molar-refractivity contribution in [2.24, 2.45) is 0 Å². The van der Waals surface area contributed by atoms with Crippen molar-refractivity contribution in [1.82, 2.24) is 0 Å². The van der Waals surface area contributed by atoms with E-state index in [0.29, 0.717) is 0 Å². The van der Waals surface area contributed by atoms with E-state index in [2.05, 4.69) is 312 Å². The SMILES string of the molecule is Cc1cc2c(c(C)c1C)-c1c(C)cccc1C2.Cc1cc2c(c(C)c1C)-c1cccc(C)c1C2.Cc1cc2c(c(C)c1C)Cc1c(C)cccc1-2.Cc1cc2c(cc1C)-c1c(ccc(C)c1C)C2.Cc1ccc2c(c1)-c1c(cc(C)c(C)c1C)C2.Cc1ccc2c(c1)Cc1cc(C)c(C)c(C)c1-2. The topological polar surface area (TPSA) is 0 Å². The van der Waals surface area contributed by atoms with Crippen LogP contribution in [-0.4, -0.2) is 0 Å². The van der Waals surface area contributed by atoms with Crippen molar-refractivity contribution in [3.05, 3.63) is 346 Å². The van der Waals surface area contributed by atoms with Crippen LogP contribution in [0.15, 0.2) is 146 Å². The molecule has 6 aliphatic carbocycles. The molecule has 0 unspecified atom stereocenters. The van der Waals surface area contributed by atoms with Gasteiger partial charge in [0.15, 0.2) is 0 Å². The second-order valence-electron chi connectivity index (χ2n) is 31.7. The molecule has 18 rings (SSSR count). The summed E-state index contributed by atoms with van der Waals surface area (Å²) < 4.78 is 0. The van der Waals surface area contributed by atoms with Crippen LogP contribution in [-0.2, 0) is 38.5 Å². The summed E-state index contributed by atoms with van der Waals surface area (Å²) in [7, 11) is 0. The van der Waals surface area contributed by atoms with Gasteiger partial charge >= 0.3 is 0 Å². The maximum Gasteiger partial charge on any atom is -0.000809 e. The Hall–Kier alpha value is -9.36. The zero-order valence-electron chi connectivity index (χ0n) is 66.1. The molecule has 0 saturated carbocycles. The van der Waals surface area contributed by atoms with Crippen LogP contribution in [0, 0.1) is 166 Å². The minimum Gasteiger partial charge on any atom is -0.0617 e. The maximum absolute atomic E-state index is 2.37. The molecule has 0 aromatic heterocycles. The first kappa shape index (κ1) is 71.1. The molecule has 6 aliphatic rings. The molecule has 0 aliphatic heterocycles. The summed E-state index contributed by atoms with van der Waals surface area (Å²) >= 11 is 0. The lowest BCUT2D eigenvalue weighted by Crippen LogP contribution is -1.93. The average molecular weight is 1330 g/mol. The van der Waals surface area contributed by atoms with Gasteiger partial charge in [0.2, 0.25) is 0 Å². The van der Waals surface area contributed by atoms with E-state index >= 15 is 0 Å². The van der Waals surface area contributed by atoms with E-state index in [9.17, 15) is 0 Å². The van der Waals surface area contributed by atoms with E-state index in [1.54, 1.807) is 0 Å². The smallest absolute Gasteiger partial charge is 0.000809 e. The highest BCUT2D eigenvalue weighted by molar-refractivity contribution is 5.87. The van der Waals surface area contributed by atoms with Crippen LogP contribution < -0.4 is 0 Å². The second kappa shape index (κ2) is 27.8. The van der Waals surface area contributed by atoms with E-state index in [1.165, 1.54) is 267 Å². The predicted octanol–water partition coefficient (Wildman–Crippen LogP) is 26.9. The Kier molecular flexibility index (Phi) is 19.3. The van der Waals surface area contributed by atoms with E-state index in [-0.39, 0.29) is 0 Å². The van der Waals surface area contributed by atoms with Gasteiger partial charge in [0.05, 0.1) is 0 Å². The number of benzene rings is 12. The normalized spacial score (nSPS) is 12.5. The lowest BCUT2D eigenvalue weighted by Gasteiger charge is -2.13. The van der Waals surface area contributed by atoms with Crippen molar-refractivity contribution >= 4 is 0 Å². The Bertz CT molecular complexity index is 5450. The zero-order valence-corrected chi connectivity index (χ0v) is 66.1. The van der Waals surface area contributed by atoms with Crippen molar-refractivity contribution in [2.45, 2.75) is 205 Å². The van der Waals surface area contributed by atoms with Gasteiger partial charge in [0.1, 0.15) is 0 Å². The van der Waals surface area contributed by atoms with Gasteiger partial charge in [-0.05, 0) is 461 Å². The molecule has 0 atom stereocenters. The third kappa shape index (κ3) is 12.7. The molecule has 0 N–H and O–H groups in total. The van der Waals surface area contributed by atoms with Crippen molar-refractivity contribution in [1.29, 1.82) is 0 Å². The van der Waals surface area contributed by atoms with Crippen molar-refractivity contribution < 1.29 is 0 Å². The molecule has 516 valence electrons. The predicted molar refractivity (Wildman–Crippen MR) is 442 cm³/mol. The van der Waals surface area contributed by atoms with Crippen LogP contribution in [0.4, 0.5) is 0 Å². The van der Waals surface area contributed by atoms with Gasteiger partial charge < -0.3 is 0 Å². The standard InChI is InChI=1S/6C17H18/c1-10-5-6-14-9-15-7-11(2)12(3)8-16(15)17(14)13(10)4;1-10-5-6-16-14(7-10)9-15-8-11(2)12(3)13(4)17(15)16;1-10-5-6-14-9-15-8-11(2)12(3)13(4)17(15)16(14)7-10;1-10-6-5-7-15-16(10)9-14-8-11(2)12(3)13(4)17(14)15;1-10-6-5-7-14-15(10)9-16-13(4)12(3)11(2)8-17(14)16;1-10-6-5-7-14-9-15-8-11(2)12(3)13(4)17(15)16(10)14/h6*5-8H,9H2,1-4H3. The third-order valence-electron chi connectivity index (χ3n) is 25.4. The highest BCUT2D eigenvalue weighted by Crippen LogP contribution is 2.48. The first-order valence-electron chi connectivity index (χ1n) is 37.7. The second-order valence-corrected chi connectivity index (χ2v) is 31.7. The molecule has 0 heterocycles. The third-order valence-corrected chi connectivity index (χ3v) is 25.4. The van der Waals surface area contributed by atoms with Crippen LogP contribution in [0.25, 0.3) is 66.8 Å². The Morgan fingerprint density at radius 1 is 0.157 bits per heavy atom. The van der Waals surface area contributed by atoms with Gasteiger partial charge in [-0.15, -0.1) is 0 Å². The molecule has 0 fully saturated rings. The minimum atomic E-state index is 1.10. The highest BCUT2D eigenvalue weighted by atomic mass is 14.3. The van der Waals surface area contributed by atoms with Gasteiger partial charge in [-0.1, -0.05) is 157 Å². The molecular weight excluding hydrogens is 1230 g/mol. The van der Waals surface area contributed by atoms with Crippen LogP contribution in [0.3, 0.4) is 0 Å². The number of rotatable bonds is 0. The van der Waals surface area contributed by atoms with Gasteiger partial charge in [-0.2, -0.15) is 0 Å². The van der Waals surface area contributed by atoms with E-state index in [1.807, 2.05) is 0 Å². The van der Waals surface area contributed by atoms with Gasteiger partial charge in [-0.25, -0.2) is 0 Å². The highest BCUT2D eigenvalue weighted by Gasteiger charge is 2.29. The van der Waals surface area contributed by atoms with E-state index in [4.69, 9.17) is 0 Å². The molecule has 0 amide bonds. The fourth-order valence-electron chi connectivity index (χ4n) is 17.9. The van der Waals surface area contributed by atoms with Crippen molar-refractivity contribution in [3.8, 4) is 66.8 Å². The molecule has 102 heavy (non-hydrogen) atoms. The maximum atomic E-state index is 2.37. The van der Waals surface area contributed by atoms with Crippen LogP contribution in [0.5, 0.6) is 0 Å². The Morgan fingerprint density at radius 2 is 0.539 bits per heavy atom. The van der Waals surface area contributed by atoms with Gasteiger partial charge in [0.25, 0.3) is 0 Å². The van der Waals surface area contributed by atoms with E-state index in [0.717, 1.165) is 38.5 Å². The largest absolute Gasteiger partial charge is 0.0617 e. The summed E-state index contributed by atoms with van der Waals surface area (Å²) in [5, 5.41) is 0. The summed E-state index contributed by atoms with van der Waals surface area (Å²) in [6.45, 7) is 53.5. The number of fused-ring (bicyclic) bond motifs is 18. The number of hydrogen-bond acceptors (Lipinski definition) is 0. The molecule has 0 spiro atoms. The molecule has 0 bridgehead atoms. The summed E-state index contributed by atoms with van der Waals surface area (Å²) in [5.74, 6) is 0. The first-order valence-corrected chi connectivity index (χ1v) is 37.7. The number of aryl methyl sites for hydroxylation is 13. The Labute approximate surface area is 613 Å². The average Bonchev–Trinajstić information content (AvgIpc) is 1.64. The monoisotopic (exact) mass is 1330 g/mol. The van der Waals surface area contributed by atoms with Crippen LogP contribution >= 0.6 is 0 Å². The van der Waals surface area contributed by atoms with E-state index < -0.39 is 0 Å². The summed E-state index contributed by atoms with van der Waals surface area (Å²) in [6, 6.07) is 54.8. The fraction of sp³-hybridized carbons (Fsp3) is 0.294. The first-order chi connectivity index (χ1) is 48.5. The molecule has 0 radical (unpaired) electrons. The number of hydrogen-bond donors (Lipinski definition) is 0.